The number of nitrogens with one attached hydrogen (secondary N) is 1. The molecule has 0 heterocycles. The normalized spacial score (nSPS) is 11.3. The Balaban J connectivity index is 2.12. The van der Waals surface area contributed by atoms with Gasteiger partial charge in [0.05, 0.1) is 5.56 Å². The highest BCUT2D eigenvalue weighted by Crippen LogP contribution is 2.25. The molecule has 0 spiro atoms. The van der Waals surface area contributed by atoms with E-state index in [1.165, 1.54) is 6.07 Å². The van der Waals surface area contributed by atoms with Crippen LogP contribution in [-0.2, 0) is 5.41 Å². The zero-order valence-electron chi connectivity index (χ0n) is 12.3. The number of hydrogen-bond acceptors (Lipinski definition) is 1. The summed E-state index contributed by atoms with van der Waals surface area (Å²) in [6, 6.07) is 11.7. The maximum absolute atomic E-state index is 13.9. The zero-order chi connectivity index (χ0) is 16.3. The van der Waals surface area contributed by atoms with Crippen LogP contribution in [0.15, 0.2) is 42.5 Å². The van der Waals surface area contributed by atoms with E-state index >= 15 is 0 Å². The minimum absolute atomic E-state index is 0.189. The van der Waals surface area contributed by atoms with Crippen LogP contribution in [-0.4, -0.2) is 12.5 Å². The van der Waals surface area contributed by atoms with Gasteiger partial charge in [-0.3, -0.25) is 4.79 Å². The van der Waals surface area contributed by atoms with Crippen molar-refractivity contribution in [3.05, 3.63) is 68.0 Å². The largest absolute Gasteiger partial charge is 0.351 e. The number of carbonyl (C=O) groups excluding carboxylic acids is 1. The summed E-state index contributed by atoms with van der Waals surface area (Å²) in [5, 5.41) is 3.46. The van der Waals surface area contributed by atoms with Crippen LogP contribution in [0.1, 0.15) is 29.8 Å². The smallest absolute Gasteiger partial charge is 0.252 e. The van der Waals surface area contributed by atoms with Crippen molar-refractivity contribution in [3.63, 3.8) is 0 Å². The van der Waals surface area contributed by atoms with Crippen molar-refractivity contribution in [2.24, 2.45) is 0 Å². The van der Waals surface area contributed by atoms with Crippen molar-refractivity contribution in [2.45, 2.75) is 19.3 Å². The maximum Gasteiger partial charge on any atom is 0.252 e. The molecule has 0 aromatic heterocycles. The Hall–Kier alpha value is -1.14. The van der Waals surface area contributed by atoms with Crippen LogP contribution in [0.5, 0.6) is 0 Å². The molecular formula is C17H16ClFINO. The lowest BCUT2D eigenvalue weighted by atomic mass is 9.84. The van der Waals surface area contributed by atoms with Gasteiger partial charge in [0.25, 0.3) is 5.91 Å². The summed E-state index contributed by atoms with van der Waals surface area (Å²) < 4.78 is 14.7. The molecule has 22 heavy (non-hydrogen) atoms. The Kier molecular flexibility index (Phi) is 5.45. The van der Waals surface area contributed by atoms with Gasteiger partial charge in [-0.05, 0) is 52.4 Å². The molecule has 116 valence electrons. The Labute approximate surface area is 148 Å². The molecule has 0 saturated heterocycles. The van der Waals surface area contributed by atoms with Crippen LogP contribution in [0.25, 0.3) is 0 Å². The van der Waals surface area contributed by atoms with Gasteiger partial charge in [-0.15, -0.1) is 0 Å². The standard InChI is InChI=1S/C17H16ClFINO/c1-17(2,13-5-3-4-6-14(13)19)10-21-16(22)12-8-7-11(18)9-15(12)20/h3-9H,10H2,1-2H3,(H,21,22). The predicted molar refractivity (Wildman–Crippen MR) is 95.9 cm³/mol. The van der Waals surface area contributed by atoms with Crippen molar-refractivity contribution in [1.29, 1.82) is 0 Å². The number of hydrogen-bond donors (Lipinski definition) is 1. The topological polar surface area (TPSA) is 29.1 Å². The molecule has 0 saturated carbocycles. The van der Waals surface area contributed by atoms with Crippen molar-refractivity contribution in [2.75, 3.05) is 6.54 Å². The molecule has 0 aliphatic carbocycles. The summed E-state index contributed by atoms with van der Waals surface area (Å²) in [4.78, 5) is 12.3. The lowest BCUT2D eigenvalue weighted by molar-refractivity contribution is 0.0944. The average Bonchev–Trinajstić information content (AvgIpc) is 2.45. The number of carbonyl (C=O) groups is 1. The van der Waals surface area contributed by atoms with Crippen molar-refractivity contribution < 1.29 is 9.18 Å². The van der Waals surface area contributed by atoms with E-state index in [1.54, 1.807) is 36.4 Å². The van der Waals surface area contributed by atoms with E-state index in [-0.39, 0.29) is 11.7 Å². The molecule has 1 amide bonds. The molecule has 2 rings (SSSR count). The van der Waals surface area contributed by atoms with Gasteiger partial charge < -0.3 is 5.32 Å². The van der Waals surface area contributed by atoms with Gasteiger partial charge in [-0.1, -0.05) is 43.6 Å². The third kappa shape index (κ3) is 3.98. The molecule has 0 bridgehead atoms. The van der Waals surface area contributed by atoms with Crippen molar-refractivity contribution >= 4 is 40.1 Å². The Morgan fingerprint density at radius 3 is 2.59 bits per heavy atom. The molecule has 0 unspecified atom stereocenters. The first-order valence-electron chi connectivity index (χ1n) is 6.79. The molecule has 2 aromatic carbocycles. The fourth-order valence-electron chi connectivity index (χ4n) is 2.18. The summed E-state index contributed by atoms with van der Waals surface area (Å²) in [6.45, 7) is 4.14. The molecule has 2 aromatic rings. The summed E-state index contributed by atoms with van der Waals surface area (Å²) in [5.41, 5.74) is 0.647. The second kappa shape index (κ2) is 6.96. The minimum atomic E-state index is -0.501. The number of amides is 1. The predicted octanol–water partition coefficient (Wildman–Crippen LogP) is 4.79. The first kappa shape index (κ1) is 17.2. The summed E-state index contributed by atoms with van der Waals surface area (Å²) in [5.74, 6) is -0.451. The SMILES string of the molecule is CC(C)(CNC(=O)c1ccc(Cl)cc1I)c1ccccc1F. The van der Waals surface area contributed by atoms with E-state index in [0.29, 0.717) is 22.7 Å². The molecule has 0 fully saturated rings. The van der Waals surface area contributed by atoms with E-state index in [1.807, 2.05) is 13.8 Å². The average molecular weight is 432 g/mol. The Morgan fingerprint density at radius 1 is 1.27 bits per heavy atom. The third-order valence-corrected chi connectivity index (χ3v) is 4.60. The van der Waals surface area contributed by atoms with Gasteiger partial charge in [-0.2, -0.15) is 0 Å². The molecule has 2 nitrogen and oxygen atoms in total. The summed E-state index contributed by atoms with van der Waals surface area (Å²) in [7, 11) is 0. The van der Waals surface area contributed by atoms with Crippen LogP contribution < -0.4 is 5.32 Å². The van der Waals surface area contributed by atoms with Gasteiger partial charge in [0.15, 0.2) is 0 Å². The van der Waals surface area contributed by atoms with Gasteiger partial charge in [-0.25, -0.2) is 4.39 Å². The van der Waals surface area contributed by atoms with E-state index in [2.05, 4.69) is 27.9 Å². The van der Waals surface area contributed by atoms with Crippen molar-refractivity contribution in [1.82, 2.24) is 5.32 Å². The quantitative estimate of drug-likeness (QED) is 0.693. The molecule has 0 atom stereocenters. The minimum Gasteiger partial charge on any atom is -0.351 e. The fraction of sp³-hybridized carbons (Fsp3) is 0.235. The van der Waals surface area contributed by atoms with E-state index in [9.17, 15) is 9.18 Å². The van der Waals surface area contributed by atoms with Crippen LogP contribution >= 0.6 is 34.2 Å². The molecule has 5 heteroatoms. The van der Waals surface area contributed by atoms with Crippen LogP contribution in [0.3, 0.4) is 0 Å². The summed E-state index contributed by atoms with van der Waals surface area (Å²) in [6.07, 6.45) is 0. The Morgan fingerprint density at radius 2 is 1.95 bits per heavy atom. The number of halogens is 3. The van der Waals surface area contributed by atoms with Crippen LogP contribution in [0.4, 0.5) is 4.39 Å². The molecule has 0 aliphatic rings. The van der Waals surface area contributed by atoms with E-state index in [4.69, 9.17) is 11.6 Å². The molecule has 0 radical (unpaired) electrons. The van der Waals surface area contributed by atoms with Crippen LogP contribution in [0.2, 0.25) is 5.02 Å². The zero-order valence-corrected chi connectivity index (χ0v) is 15.2. The highest BCUT2D eigenvalue weighted by Gasteiger charge is 2.25. The highest BCUT2D eigenvalue weighted by atomic mass is 127. The van der Waals surface area contributed by atoms with Gasteiger partial charge >= 0.3 is 0 Å². The lowest BCUT2D eigenvalue weighted by Gasteiger charge is -2.26. The molecular weight excluding hydrogens is 416 g/mol. The monoisotopic (exact) mass is 431 g/mol. The van der Waals surface area contributed by atoms with Crippen molar-refractivity contribution in [3.8, 4) is 0 Å². The second-order valence-corrected chi connectivity index (χ2v) is 7.27. The first-order chi connectivity index (χ1) is 10.3. The maximum atomic E-state index is 13.9. The highest BCUT2D eigenvalue weighted by molar-refractivity contribution is 14.1. The van der Waals surface area contributed by atoms with E-state index < -0.39 is 5.41 Å². The Bertz CT molecular complexity index is 703. The van der Waals surface area contributed by atoms with Crippen LogP contribution in [0, 0.1) is 9.39 Å². The first-order valence-corrected chi connectivity index (χ1v) is 8.25. The van der Waals surface area contributed by atoms with Gasteiger partial charge in [0, 0.05) is 20.6 Å². The van der Waals surface area contributed by atoms with Gasteiger partial charge in [0.1, 0.15) is 5.82 Å². The third-order valence-electron chi connectivity index (χ3n) is 3.47. The van der Waals surface area contributed by atoms with E-state index in [0.717, 1.165) is 3.57 Å². The molecule has 0 aliphatic heterocycles. The molecule has 1 N–H and O–H groups in total. The lowest BCUT2D eigenvalue weighted by Crippen LogP contribution is -2.37. The number of rotatable bonds is 4. The number of benzene rings is 2. The van der Waals surface area contributed by atoms with Gasteiger partial charge in [0.2, 0.25) is 0 Å². The second-order valence-electron chi connectivity index (χ2n) is 5.67. The fourth-order valence-corrected chi connectivity index (χ4v) is 3.29. The summed E-state index contributed by atoms with van der Waals surface area (Å²) >= 11 is 7.96.